The molecule has 0 unspecified atom stereocenters. The smallest absolute Gasteiger partial charge is 0.256 e. The minimum Gasteiger partial charge on any atom is -0.486 e. The van der Waals surface area contributed by atoms with Gasteiger partial charge in [-0.25, -0.2) is 0 Å². The first kappa shape index (κ1) is 15.7. The van der Waals surface area contributed by atoms with Gasteiger partial charge in [0, 0.05) is 18.7 Å². The molecule has 3 aromatic rings. The van der Waals surface area contributed by atoms with Gasteiger partial charge in [-0.15, -0.1) is 0 Å². The van der Waals surface area contributed by atoms with Crippen molar-refractivity contribution >= 4 is 0 Å². The standard InChI is InChI=1S/C20H19NO4/c1-22-13-23-20-12-19(25-21-20)15-6-9-16(10-7-15)24-18-11-8-14-4-2-3-5-17(14)18/h2-7,9-10,12,18H,8,11,13H2,1H3/t18-/m1/s1. The van der Waals surface area contributed by atoms with Gasteiger partial charge in [0.25, 0.3) is 5.88 Å². The molecule has 2 aromatic carbocycles. The third-order valence-electron chi connectivity index (χ3n) is 4.31. The van der Waals surface area contributed by atoms with Crippen molar-refractivity contribution < 1.29 is 18.7 Å². The summed E-state index contributed by atoms with van der Waals surface area (Å²) in [4.78, 5) is 0. The monoisotopic (exact) mass is 337 g/mol. The van der Waals surface area contributed by atoms with Crippen LogP contribution < -0.4 is 9.47 Å². The van der Waals surface area contributed by atoms with Crippen LogP contribution in [0.4, 0.5) is 0 Å². The summed E-state index contributed by atoms with van der Waals surface area (Å²) < 4.78 is 21.6. The van der Waals surface area contributed by atoms with Gasteiger partial charge in [0.1, 0.15) is 11.9 Å². The molecule has 0 radical (unpaired) electrons. The molecule has 0 aliphatic heterocycles. The molecule has 4 rings (SSSR count). The molecular weight excluding hydrogens is 318 g/mol. The van der Waals surface area contributed by atoms with Crippen molar-refractivity contribution in [1.29, 1.82) is 0 Å². The van der Waals surface area contributed by atoms with Crippen LogP contribution in [0.5, 0.6) is 11.6 Å². The number of benzene rings is 2. The van der Waals surface area contributed by atoms with E-state index in [2.05, 4.69) is 29.4 Å². The number of hydrogen-bond acceptors (Lipinski definition) is 5. The normalized spacial score (nSPS) is 15.8. The lowest BCUT2D eigenvalue weighted by molar-refractivity contribution is 0.0453. The predicted octanol–water partition coefficient (Wildman–Crippen LogP) is 4.39. The van der Waals surface area contributed by atoms with Gasteiger partial charge in [0.15, 0.2) is 12.6 Å². The van der Waals surface area contributed by atoms with E-state index in [0.29, 0.717) is 11.6 Å². The van der Waals surface area contributed by atoms with Gasteiger partial charge in [0.05, 0.1) is 0 Å². The Morgan fingerprint density at radius 1 is 1.12 bits per heavy atom. The van der Waals surface area contributed by atoms with Crippen LogP contribution in [0, 0.1) is 0 Å². The zero-order valence-electron chi connectivity index (χ0n) is 14.0. The van der Waals surface area contributed by atoms with Gasteiger partial charge in [-0.1, -0.05) is 24.3 Å². The number of hydrogen-bond donors (Lipinski definition) is 0. The summed E-state index contributed by atoms with van der Waals surface area (Å²) in [5, 5.41) is 3.85. The quantitative estimate of drug-likeness (QED) is 0.624. The molecule has 0 saturated carbocycles. The van der Waals surface area contributed by atoms with E-state index in [9.17, 15) is 0 Å². The van der Waals surface area contributed by atoms with Crippen LogP contribution >= 0.6 is 0 Å². The fraction of sp³-hybridized carbons (Fsp3) is 0.250. The molecular formula is C20H19NO4. The number of nitrogens with zero attached hydrogens (tertiary/aromatic N) is 1. The lowest BCUT2D eigenvalue weighted by atomic mass is 10.1. The second kappa shape index (κ2) is 6.99. The minimum atomic E-state index is 0.126. The summed E-state index contributed by atoms with van der Waals surface area (Å²) >= 11 is 0. The lowest BCUT2D eigenvalue weighted by Crippen LogP contribution is -2.03. The minimum absolute atomic E-state index is 0.126. The third-order valence-corrected chi connectivity index (χ3v) is 4.31. The second-order valence-electron chi connectivity index (χ2n) is 5.95. The summed E-state index contributed by atoms with van der Waals surface area (Å²) in [6.45, 7) is 0.140. The van der Waals surface area contributed by atoms with Crippen LogP contribution in [-0.2, 0) is 11.2 Å². The highest BCUT2D eigenvalue weighted by Gasteiger charge is 2.23. The summed E-state index contributed by atoms with van der Waals surface area (Å²) in [5.41, 5.74) is 3.59. The Morgan fingerprint density at radius 3 is 2.80 bits per heavy atom. The molecule has 0 fully saturated rings. The molecule has 1 aliphatic carbocycles. The summed E-state index contributed by atoms with van der Waals surface area (Å²) in [6.07, 6.45) is 2.21. The van der Waals surface area contributed by atoms with Crippen LogP contribution in [0.2, 0.25) is 0 Å². The van der Waals surface area contributed by atoms with Gasteiger partial charge in [-0.3, -0.25) is 0 Å². The van der Waals surface area contributed by atoms with Gasteiger partial charge < -0.3 is 18.7 Å². The van der Waals surface area contributed by atoms with Crippen molar-refractivity contribution in [3.63, 3.8) is 0 Å². The van der Waals surface area contributed by atoms with Crippen LogP contribution in [0.1, 0.15) is 23.7 Å². The van der Waals surface area contributed by atoms with Crippen LogP contribution in [0.15, 0.2) is 59.1 Å². The number of aryl methyl sites for hydroxylation is 1. The van der Waals surface area contributed by atoms with Gasteiger partial charge in [-0.2, -0.15) is 0 Å². The SMILES string of the molecule is COCOc1cc(-c2ccc(O[C@@H]3CCc4ccccc43)cc2)on1. The summed E-state index contributed by atoms with van der Waals surface area (Å²) in [5.74, 6) is 1.89. The van der Waals surface area contributed by atoms with E-state index < -0.39 is 0 Å². The van der Waals surface area contributed by atoms with E-state index in [0.717, 1.165) is 24.2 Å². The van der Waals surface area contributed by atoms with Gasteiger partial charge in [-0.05, 0) is 53.4 Å². The fourth-order valence-corrected chi connectivity index (χ4v) is 3.08. The maximum atomic E-state index is 6.16. The maximum absolute atomic E-state index is 6.16. The van der Waals surface area contributed by atoms with E-state index in [-0.39, 0.29) is 12.9 Å². The molecule has 1 heterocycles. The molecule has 1 aliphatic rings. The molecule has 0 spiro atoms. The van der Waals surface area contributed by atoms with Crippen molar-refractivity contribution in [2.75, 3.05) is 13.9 Å². The Balaban J connectivity index is 1.45. The van der Waals surface area contributed by atoms with Gasteiger partial charge >= 0.3 is 0 Å². The predicted molar refractivity (Wildman–Crippen MR) is 92.6 cm³/mol. The Morgan fingerprint density at radius 2 is 1.96 bits per heavy atom. The summed E-state index contributed by atoms with van der Waals surface area (Å²) in [7, 11) is 1.56. The van der Waals surface area contributed by atoms with Crippen LogP contribution in [0.3, 0.4) is 0 Å². The largest absolute Gasteiger partial charge is 0.486 e. The topological polar surface area (TPSA) is 53.7 Å². The maximum Gasteiger partial charge on any atom is 0.256 e. The number of rotatable bonds is 6. The van der Waals surface area contributed by atoms with Gasteiger partial charge in [0.2, 0.25) is 0 Å². The van der Waals surface area contributed by atoms with Crippen molar-refractivity contribution in [1.82, 2.24) is 5.16 Å². The van der Waals surface area contributed by atoms with E-state index in [4.69, 9.17) is 18.7 Å². The molecule has 128 valence electrons. The Labute approximate surface area is 146 Å². The molecule has 0 bridgehead atoms. The van der Waals surface area contributed by atoms with E-state index in [1.807, 2.05) is 24.3 Å². The first-order valence-corrected chi connectivity index (χ1v) is 8.27. The highest BCUT2D eigenvalue weighted by atomic mass is 16.7. The molecule has 25 heavy (non-hydrogen) atoms. The van der Waals surface area contributed by atoms with Crippen molar-refractivity contribution in [2.45, 2.75) is 18.9 Å². The third kappa shape index (κ3) is 3.37. The number of aromatic nitrogens is 1. The molecule has 5 nitrogen and oxygen atoms in total. The average Bonchev–Trinajstić information content (AvgIpc) is 3.28. The zero-order valence-corrected chi connectivity index (χ0v) is 14.0. The van der Waals surface area contributed by atoms with E-state index in [1.165, 1.54) is 11.1 Å². The van der Waals surface area contributed by atoms with E-state index in [1.54, 1.807) is 13.2 Å². The number of methoxy groups -OCH3 is 1. The molecule has 1 atom stereocenters. The van der Waals surface area contributed by atoms with Crippen LogP contribution in [-0.4, -0.2) is 19.1 Å². The molecule has 5 heteroatoms. The fourth-order valence-electron chi connectivity index (χ4n) is 3.08. The Hall–Kier alpha value is -2.79. The molecule has 0 saturated heterocycles. The Bertz CT molecular complexity index is 841. The number of fused-ring (bicyclic) bond motifs is 1. The van der Waals surface area contributed by atoms with E-state index >= 15 is 0 Å². The van der Waals surface area contributed by atoms with Crippen molar-refractivity contribution in [3.05, 3.63) is 65.7 Å². The lowest BCUT2D eigenvalue weighted by Gasteiger charge is -2.15. The number of ether oxygens (including phenoxy) is 3. The van der Waals surface area contributed by atoms with Crippen LogP contribution in [0.25, 0.3) is 11.3 Å². The highest BCUT2D eigenvalue weighted by Crippen LogP contribution is 2.35. The molecule has 1 aromatic heterocycles. The first-order valence-electron chi connectivity index (χ1n) is 8.27. The van der Waals surface area contributed by atoms with Crippen molar-refractivity contribution in [3.8, 4) is 23.0 Å². The zero-order chi connectivity index (χ0) is 17.1. The van der Waals surface area contributed by atoms with Crippen molar-refractivity contribution in [2.24, 2.45) is 0 Å². The second-order valence-corrected chi connectivity index (χ2v) is 5.95. The first-order chi connectivity index (χ1) is 12.3. The summed E-state index contributed by atoms with van der Waals surface area (Å²) in [6, 6.07) is 18.0. The Kier molecular flexibility index (Phi) is 4.39. The molecule has 0 amide bonds. The highest BCUT2D eigenvalue weighted by molar-refractivity contribution is 5.59. The average molecular weight is 337 g/mol. The molecule has 0 N–H and O–H groups in total.